The first-order valence-corrected chi connectivity index (χ1v) is 7.86. The minimum atomic E-state index is 0.365. The van der Waals surface area contributed by atoms with Crippen molar-refractivity contribution in [1.82, 2.24) is 0 Å². The topological polar surface area (TPSA) is 20.2 Å². The summed E-state index contributed by atoms with van der Waals surface area (Å²) in [6.45, 7) is 0. The largest absolute Gasteiger partial charge is 0.507 e. The van der Waals surface area contributed by atoms with Crippen molar-refractivity contribution in [1.29, 1.82) is 0 Å². The van der Waals surface area contributed by atoms with Gasteiger partial charge >= 0.3 is 0 Å². The quantitative estimate of drug-likeness (QED) is 0.267. The summed E-state index contributed by atoms with van der Waals surface area (Å²) in [6, 6.07) is 23.3. The summed E-state index contributed by atoms with van der Waals surface area (Å²) in [5, 5.41) is 22.7. The van der Waals surface area contributed by atoms with Crippen molar-refractivity contribution in [3.63, 3.8) is 0 Å². The Bertz CT molecular complexity index is 1350. The van der Waals surface area contributed by atoms with E-state index in [1.54, 1.807) is 0 Å². The molecule has 0 heterocycles. The lowest BCUT2D eigenvalue weighted by Crippen LogP contribution is -1.90. The van der Waals surface area contributed by atoms with Gasteiger partial charge in [-0.2, -0.15) is 0 Å². The lowest BCUT2D eigenvalue weighted by Gasteiger charge is -2.18. The van der Waals surface area contributed by atoms with Gasteiger partial charge in [-0.1, -0.05) is 60.7 Å². The molecular weight excluding hydrogens is 280 g/mol. The highest BCUT2D eigenvalue weighted by atomic mass is 16.3. The lowest BCUT2D eigenvalue weighted by atomic mass is 9.85. The van der Waals surface area contributed by atoms with E-state index in [0.717, 1.165) is 10.8 Å². The van der Waals surface area contributed by atoms with Gasteiger partial charge in [0, 0.05) is 10.8 Å². The standard InChI is InChI=1S/C22H12O/c23-17-11-10-15-9-8-14-7-6-13-5-4-12-2-1-3-16-18(12)19(13)20(14)21(15)22(16)17/h1-11,23H. The van der Waals surface area contributed by atoms with Crippen LogP contribution in [0.3, 0.4) is 0 Å². The zero-order chi connectivity index (χ0) is 15.1. The zero-order valence-corrected chi connectivity index (χ0v) is 12.3. The summed E-state index contributed by atoms with van der Waals surface area (Å²) in [7, 11) is 0. The molecule has 0 saturated carbocycles. The van der Waals surface area contributed by atoms with Crippen molar-refractivity contribution in [2.75, 3.05) is 0 Å². The molecule has 0 unspecified atom stereocenters. The number of aromatic hydroxyl groups is 1. The third kappa shape index (κ3) is 1.21. The van der Waals surface area contributed by atoms with Crippen LogP contribution in [0.1, 0.15) is 0 Å². The van der Waals surface area contributed by atoms with Crippen LogP contribution in [-0.4, -0.2) is 5.11 Å². The first-order valence-electron chi connectivity index (χ1n) is 7.86. The minimum Gasteiger partial charge on any atom is -0.507 e. The predicted molar refractivity (Wildman–Crippen MR) is 98.0 cm³/mol. The molecule has 0 aliphatic rings. The molecule has 0 spiro atoms. The van der Waals surface area contributed by atoms with E-state index in [4.69, 9.17) is 0 Å². The molecule has 0 atom stereocenters. The Labute approximate surface area is 132 Å². The van der Waals surface area contributed by atoms with Gasteiger partial charge in [0.05, 0.1) is 0 Å². The number of benzene rings is 6. The second-order valence-corrected chi connectivity index (χ2v) is 6.35. The molecule has 1 nitrogen and oxygen atoms in total. The van der Waals surface area contributed by atoms with Crippen LogP contribution in [0, 0.1) is 0 Å². The van der Waals surface area contributed by atoms with Gasteiger partial charge in [-0.25, -0.2) is 0 Å². The average Bonchev–Trinajstić information content (AvgIpc) is 2.60. The van der Waals surface area contributed by atoms with Gasteiger partial charge in [0.25, 0.3) is 0 Å². The van der Waals surface area contributed by atoms with Crippen LogP contribution in [0.25, 0.3) is 53.9 Å². The Morgan fingerprint density at radius 1 is 0.435 bits per heavy atom. The van der Waals surface area contributed by atoms with Crippen LogP contribution in [0.4, 0.5) is 0 Å². The highest BCUT2D eigenvalue weighted by Gasteiger charge is 2.18. The molecular formula is C22H12O. The monoisotopic (exact) mass is 292 g/mol. The van der Waals surface area contributed by atoms with E-state index in [0.29, 0.717) is 5.75 Å². The van der Waals surface area contributed by atoms with Crippen LogP contribution in [0.5, 0.6) is 5.75 Å². The van der Waals surface area contributed by atoms with E-state index in [1.165, 1.54) is 43.1 Å². The van der Waals surface area contributed by atoms with Crippen molar-refractivity contribution in [3.8, 4) is 5.75 Å². The normalized spacial score (nSPS) is 12.5. The Morgan fingerprint density at radius 3 is 1.57 bits per heavy atom. The lowest BCUT2D eigenvalue weighted by molar-refractivity contribution is 0.482. The SMILES string of the molecule is Oc1ccc2ccc3ccc4ccc5cccc6c1c2c3c4c56. The number of hydrogen-bond acceptors (Lipinski definition) is 1. The first kappa shape index (κ1) is 11.5. The summed E-state index contributed by atoms with van der Waals surface area (Å²) in [4.78, 5) is 0. The van der Waals surface area contributed by atoms with Crippen LogP contribution in [0.2, 0.25) is 0 Å². The number of phenolic OH excluding ortho intramolecular Hbond substituents is 1. The van der Waals surface area contributed by atoms with Gasteiger partial charge in [0.1, 0.15) is 5.75 Å². The third-order valence-corrected chi connectivity index (χ3v) is 5.24. The Kier molecular flexibility index (Phi) is 1.82. The van der Waals surface area contributed by atoms with Crippen LogP contribution in [0.15, 0.2) is 66.7 Å². The van der Waals surface area contributed by atoms with E-state index >= 15 is 0 Å². The molecule has 0 amide bonds. The molecule has 0 bridgehead atoms. The van der Waals surface area contributed by atoms with E-state index in [2.05, 4.69) is 54.6 Å². The van der Waals surface area contributed by atoms with Crippen molar-refractivity contribution in [3.05, 3.63) is 66.7 Å². The van der Waals surface area contributed by atoms with Gasteiger partial charge in [0.15, 0.2) is 0 Å². The maximum atomic E-state index is 10.6. The molecule has 6 rings (SSSR count). The zero-order valence-electron chi connectivity index (χ0n) is 12.3. The van der Waals surface area contributed by atoms with Gasteiger partial charge < -0.3 is 5.11 Å². The number of fused-ring (bicyclic) bond motifs is 1. The van der Waals surface area contributed by atoms with E-state index in [-0.39, 0.29) is 0 Å². The van der Waals surface area contributed by atoms with E-state index in [9.17, 15) is 5.11 Å². The van der Waals surface area contributed by atoms with Crippen molar-refractivity contribution in [2.45, 2.75) is 0 Å². The van der Waals surface area contributed by atoms with Gasteiger partial charge in [0.2, 0.25) is 0 Å². The Morgan fingerprint density at radius 2 is 0.913 bits per heavy atom. The second-order valence-electron chi connectivity index (χ2n) is 6.35. The summed E-state index contributed by atoms with van der Waals surface area (Å²) < 4.78 is 0. The summed E-state index contributed by atoms with van der Waals surface area (Å²) in [5.74, 6) is 0.365. The maximum Gasteiger partial charge on any atom is 0.124 e. The molecule has 1 heteroatoms. The van der Waals surface area contributed by atoms with Gasteiger partial charge in [-0.3, -0.25) is 0 Å². The predicted octanol–water partition coefficient (Wildman–Crippen LogP) is 6.03. The highest BCUT2D eigenvalue weighted by molar-refractivity contribution is 6.40. The van der Waals surface area contributed by atoms with Crippen LogP contribution in [-0.2, 0) is 0 Å². The fourth-order valence-electron chi connectivity index (χ4n) is 4.30. The molecule has 0 aromatic heterocycles. The van der Waals surface area contributed by atoms with Crippen molar-refractivity contribution >= 4 is 53.9 Å². The summed E-state index contributed by atoms with van der Waals surface area (Å²) in [6.07, 6.45) is 0. The molecule has 1 N–H and O–H groups in total. The average molecular weight is 292 g/mol. The maximum absolute atomic E-state index is 10.6. The fraction of sp³-hybridized carbons (Fsp3) is 0. The number of rotatable bonds is 0. The van der Waals surface area contributed by atoms with Crippen LogP contribution >= 0.6 is 0 Å². The third-order valence-electron chi connectivity index (χ3n) is 5.24. The molecule has 0 radical (unpaired) electrons. The highest BCUT2D eigenvalue weighted by Crippen LogP contribution is 2.46. The number of hydrogen-bond donors (Lipinski definition) is 1. The number of phenols is 1. The fourth-order valence-corrected chi connectivity index (χ4v) is 4.30. The molecule has 0 saturated heterocycles. The van der Waals surface area contributed by atoms with Crippen molar-refractivity contribution in [2.24, 2.45) is 0 Å². The Hall–Kier alpha value is -3.06. The van der Waals surface area contributed by atoms with Gasteiger partial charge in [-0.05, 0) is 49.2 Å². The molecule has 23 heavy (non-hydrogen) atoms. The first-order chi connectivity index (χ1) is 11.3. The molecule has 0 aliphatic heterocycles. The molecule has 106 valence electrons. The molecule has 6 aromatic rings. The Balaban J connectivity index is 2.21. The van der Waals surface area contributed by atoms with Gasteiger partial charge in [-0.15, -0.1) is 0 Å². The summed E-state index contributed by atoms with van der Waals surface area (Å²) >= 11 is 0. The summed E-state index contributed by atoms with van der Waals surface area (Å²) in [5.41, 5.74) is 0. The van der Waals surface area contributed by atoms with E-state index < -0.39 is 0 Å². The van der Waals surface area contributed by atoms with Crippen molar-refractivity contribution < 1.29 is 5.11 Å². The minimum absolute atomic E-state index is 0.365. The molecule has 0 fully saturated rings. The van der Waals surface area contributed by atoms with E-state index in [1.807, 2.05) is 12.1 Å². The molecule has 6 aromatic carbocycles. The van der Waals surface area contributed by atoms with Crippen LogP contribution < -0.4 is 0 Å². The smallest absolute Gasteiger partial charge is 0.124 e. The second kappa shape index (κ2) is 3.64. The molecule has 0 aliphatic carbocycles.